The minimum Gasteiger partial charge on any atom is -0.336 e. The van der Waals surface area contributed by atoms with Gasteiger partial charge in [-0.15, -0.1) is 0 Å². The zero-order valence-electron chi connectivity index (χ0n) is 16.6. The minimum absolute atomic E-state index is 0.0446. The molecule has 3 rings (SSSR count). The third kappa shape index (κ3) is 5.10. The molecule has 1 aliphatic heterocycles. The summed E-state index contributed by atoms with van der Waals surface area (Å²) in [6.07, 6.45) is -1.65. The van der Waals surface area contributed by atoms with Gasteiger partial charge in [0.25, 0.3) is 0 Å². The van der Waals surface area contributed by atoms with E-state index in [1.807, 2.05) is 18.7 Å². The lowest BCUT2D eigenvalue weighted by molar-refractivity contribution is -0.141. The van der Waals surface area contributed by atoms with E-state index in [2.05, 4.69) is 9.97 Å². The number of rotatable bonds is 4. The summed E-state index contributed by atoms with van der Waals surface area (Å²) in [5.74, 6) is -0.0861. The van der Waals surface area contributed by atoms with Crippen LogP contribution in [-0.4, -0.2) is 38.1 Å². The molecule has 1 saturated heterocycles. The number of halogens is 3. The Morgan fingerprint density at radius 2 is 1.76 bits per heavy atom. The molecule has 0 radical (unpaired) electrons. The summed E-state index contributed by atoms with van der Waals surface area (Å²) >= 11 is 0.975. The van der Waals surface area contributed by atoms with Crippen LogP contribution in [0.1, 0.15) is 45.7 Å². The fourth-order valence-electron chi connectivity index (χ4n) is 3.65. The number of amides is 1. The Labute approximate surface area is 172 Å². The molecule has 0 saturated carbocycles. The van der Waals surface area contributed by atoms with Crippen LogP contribution in [0, 0.1) is 0 Å². The number of aromatic nitrogens is 2. The lowest BCUT2D eigenvalue weighted by Gasteiger charge is -2.40. The maximum absolute atomic E-state index is 13.4. The van der Waals surface area contributed by atoms with Crippen molar-refractivity contribution in [2.45, 2.75) is 68.7 Å². The lowest BCUT2D eigenvalue weighted by atomic mass is 9.97. The number of hydrogen-bond acceptors (Lipinski definition) is 4. The minimum atomic E-state index is -4.59. The molecule has 0 unspecified atom stereocenters. The number of carbonyl (C=O) groups excluding carboxylic acids is 1. The van der Waals surface area contributed by atoms with Gasteiger partial charge in [-0.1, -0.05) is 42.1 Å². The monoisotopic (exact) mass is 423 g/mol. The standard InChI is InChI=1S/C21H24F3N3OS/c1-13-8-7-9-14(2)27(13)19(28)15(3)29-20-25-17(16-10-5-4-6-11-16)12-18(26-20)21(22,23)24/h4-6,10-15H,7-9H2,1-3H3/t13-,14-,15-/m0/s1. The first-order valence-electron chi connectivity index (χ1n) is 9.67. The summed E-state index contributed by atoms with van der Waals surface area (Å²) < 4.78 is 40.1. The van der Waals surface area contributed by atoms with Crippen LogP contribution < -0.4 is 0 Å². The molecule has 2 aromatic rings. The Hall–Kier alpha value is -2.09. The van der Waals surface area contributed by atoms with Crippen molar-refractivity contribution in [3.05, 3.63) is 42.1 Å². The average Bonchev–Trinajstić information content (AvgIpc) is 2.67. The van der Waals surface area contributed by atoms with E-state index in [-0.39, 0.29) is 28.8 Å². The number of benzene rings is 1. The highest BCUT2D eigenvalue weighted by molar-refractivity contribution is 8.00. The van der Waals surface area contributed by atoms with Gasteiger partial charge in [-0.05, 0) is 46.1 Å². The fourth-order valence-corrected chi connectivity index (χ4v) is 4.49. The molecule has 1 aliphatic rings. The van der Waals surface area contributed by atoms with Crippen molar-refractivity contribution in [2.24, 2.45) is 0 Å². The van der Waals surface area contributed by atoms with Gasteiger partial charge in [-0.25, -0.2) is 9.97 Å². The van der Waals surface area contributed by atoms with Crippen LogP contribution in [0.25, 0.3) is 11.3 Å². The predicted molar refractivity (Wildman–Crippen MR) is 107 cm³/mol. The number of thioether (sulfide) groups is 1. The normalized spacial score (nSPS) is 21.1. The van der Waals surface area contributed by atoms with E-state index < -0.39 is 17.1 Å². The largest absolute Gasteiger partial charge is 0.433 e. The number of carbonyl (C=O) groups is 1. The van der Waals surface area contributed by atoms with Gasteiger partial charge in [0.15, 0.2) is 5.16 Å². The second kappa shape index (κ2) is 8.73. The summed E-state index contributed by atoms with van der Waals surface area (Å²) in [6.45, 7) is 5.73. The molecule has 1 aromatic carbocycles. The van der Waals surface area contributed by atoms with Crippen molar-refractivity contribution in [1.29, 1.82) is 0 Å². The van der Waals surface area contributed by atoms with Gasteiger partial charge in [-0.3, -0.25) is 4.79 Å². The molecule has 3 atom stereocenters. The third-order valence-electron chi connectivity index (χ3n) is 5.14. The summed E-state index contributed by atoms with van der Waals surface area (Å²) in [7, 11) is 0. The molecule has 0 aliphatic carbocycles. The number of likely N-dealkylation sites (tertiary alicyclic amines) is 1. The molecule has 1 aromatic heterocycles. The maximum atomic E-state index is 13.4. The van der Waals surface area contributed by atoms with E-state index in [9.17, 15) is 18.0 Å². The van der Waals surface area contributed by atoms with E-state index in [1.54, 1.807) is 37.3 Å². The van der Waals surface area contributed by atoms with Crippen molar-refractivity contribution in [1.82, 2.24) is 14.9 Å². The molecule has 156 valence electrons. The third-order valence-corrected chi connectivity index (χ3v) is 6.09. The second-order valence-corrected chi connectivity index (χ2v) is 8.73. The van der Waals surface area contributed by atoms with E-state index in [4.69, 9.17) is 0 Å². The molecule has 8 heteroatoms. The molecular weight excluding hydrogens is 399 g/mol. The number of alkyl halides is 3. The van der Waals surface area contributed by atoms with Gasteiger partial charge >= 0.3 is 6.18 Å². The smallest absolute Gasteiger partial charge is 0.336 e. The molecule has 2 heterocycles. The van der Waals surface area contributed by atoms with E-state index in [0.717, 1.165) is 37.1 Å². The summed E-state index contributed by atoms with van der Waals surface area (Å²) in [5.41, 5.74) is -0.248. The van der Waals surface area contributed by atoms with Crippen LogP contribution in [0.5, 0.6) is 0 Å². The molecule has 0 N–H and O–H groups in total. The first kappa shape index (κ1) is 21.6. The number of piperidine rings is 1. The number of nitrogens with zero attached hydrogens (tertiary/aromatic N) is 3. The average molecular weight is 424 g/mol. The van der Waals surface area contributed by atoms with E-state index >= 15 is 0 Å². The highest BCUT2D eigenvalue weighted by Crippen LogP contribution is 2.34. The Balaban J connectivity index is 1.88. The van der Waals surface area contributed by atoms with Crippen molar-refractivity contribution in [2.75, 3.05) is 0 Å². The Morgan fingerprint density at radius 3 is 2.34 bits per heavy atom. The van der Waals surface area contributed by atoms with Crippen LogP contribution in [0.15, 0.2) is 41.6 Å². The van der Waals surface area contributed by atoms with Crippen LogP contribution in [0.3, 0.4) is 0 Å². The number of hydrogen-bond donors (Lipinski definition) is 0. The predicted octanol–water partition coefficient (Wildman–Crippen LogP) is 5.43. The molecule has 0 spiro atoms. The quantitative estimate of drug-likeness (QED) is 0.486. The van der Waals surface area contributed by atoms with Gasteiger partial charge in [0.2, 0.25) is 5.91 Å². The molecule has 4 nitrogen and oxygen atoms in total. The summed E-state index contributed by atoms with van der Waals surface area (Å²) in [5, 5.41) is -0.623. The first-order chi connectivity index (χ1) is 13.7. The Morgan fingerprint density at radius 1 is 1.14 bits per heavy atom. The molecule has 0 bridgehead atoms. The second-order valence-electron chi connectivity index (χ2n) is 7.42. The first-order valence-corrected chi connectivity index (χ1v) is 10.6. The summed E-state index contributed by atoms with van der Waals surface area (Å²) in [6, 6.07) is 9.85. The van der Waals surface area contributed by atoms with Crippen molar-refractivity contribution >= 4 is 17.7 Å². The van der Waals surface area contributed by atoms with Gasteiger partial charge in [0.1, 0.15) is 5.69 Å². The summed E-state index contributed by atoms with van der Waals surface area (Å²) in [4.78, 5) is 22.8. The molecule has 29 heavy (non-hydrogen) atoms. The highest BCUT2D eigenvalue weighted by Gasteiger charge is 2.35. The highest BCUT2D eigenvalue weighted by atomic mass is 32.2. The zero-order chi connectivity index (χ0) is 21.2. The van der Waals surface area contributed by atoms with Crippen LogP contribution in [0.2, 0.25) is 0 Å². The fraction of sp³-hybridized carbons (Fsp3) is 0.476. The van der Waals surface area contributed by atoms with Crippen molar-refractivity contribution in [3.8, 4) is 11.3 Å². The van der Waals surface area contributed by atoms with Crippen LogP contribution >= 0.6 is 11.8 Å². The Kier molecular flexibility index (Phi) is 6.51. The lowest BCUT2D eigenvalue weighted by Crippen LogP contribution is -2.50. The van der Waals surface area contributed by atoms with Gasteiger partial charge in [0, 0.05) is 17.6 Å². The zero-order valence-corrected chi connectivity index (χ0v) is 17.4. The van der Waals surface area contributed by atoms with E-state index in [0.29, 0.717) is 5.56 Å². The van der Waals surface area contributed by atoms with Gasteiger partial charge in [0.05, 0.1) is 10.9 Å². The SMILES string of the molecule is C[C@H](Sc1nc(-c2ccccc2)cc(C(F)(F)F)n1)C(=O)N1[C@@H](C)CCC[C@@H]1C. The van der Waals surface area contributed by atoms with Crippen LogP contribution in [0.4, 0.5) is 13.2 Å². The van der Waals surface area contributed by atoms with Gasteiger partial charge < -0.3 is 4.90 Å². The van der Waals surface area contributed by atoms with E-state index in [1.165, 1.54) is 0 Å². The molecule has 1 amide bonds. The maximum Gasteiger partial charge on any atom is 0.433 e. The Bertz CT molecular complexity index is 850. The van der Waals surface area contributed by atoms with Crippen LogP contribution in [-0.2, 0) is 11.0 Å². The van der Waals surface area contributed by atoms with Crippen molar-refractivity contribution < 1.29 is 18.0 Å². The topological polar surface area (TPSA) is 46.1 Å². The molecule has 1 fully saturated rings. The molecular formula is C21H24F3N3OS. The van der Waals surface area contributed by atoms with Crippen molar-refractivity contribution in [3.63, 3.8) is 0 Å². The van der Waals surface area contributed by atoms with Gasteiger partial charge in [-0.2, -0.15) is 13.2 Å².